The molecule has 1 fully saturated rings. The van der Waals surface area contributed by atoms with Crippen LogP contribution >= 0.6 is 0 Å². The van der Waals surface area contributed by atoms with Crippen LogP contribution in [0.2, 0.25) is 0 Å². The van der Waals surface area contributed by atoms with E-state index in [0.29, 0.717) is 18.0 Å². The molecule has 0 spiro atoms. The van der Waals surface area contributed by atoms with Crippen molar-refractivity contribution in [3.63, 3.8) is 0 Å². The minimum Gasteiger partial charge on any atom is -0.370 e. The SMILES string of the molecule is CN(c1ccccc1)C1CCN(C(=O)CCc2ccc(C#N)cc2)C1. The molecule has 25 heavy (non-hydrogen) atoms. The lowest BCUT2D eigenvalue weighted by molar-refractivity contribution is -0.130. The molecule has 1 saturated heterocycles. The second-order valence-electron chi connectivity index (χ2n) is 6.54. The van der Waals surface area contributed by atoms with Crippen LogP contribution in [0.3, 0.4) is 0 Å². The Labute approximate surface area is 149 Å². The monoisotopic (exact) mass is 333 g/mol. The quantitative estimate of drug-likeness (QED) is 0.844. The van der Waals surface area contributed by atoms with Gasteiger partial charge in [-0.05, 0) is 42.7 Å². The number of amides is 1. The normalized spacial score (nSPS) is 16.5. The minimum atomic E-state index is 0.216. The first kappa shape index (κ1) is 17.0. The highest BCUT2D eigenvalue weighted by Crippen LogP contribution is 2.22. The van der Waals surface area contributed by atoms with Crippen molar-refractivity contribution < 1.29 is 4.79 Å². The lowest BCUT2D eigenvalue weighted by Gasteiger charge is -2.27. The molecule has 2 aromatic rings. The number of aryl methyl sites for hydroxylation is 1. The number of likely N-dealkylation sites (tertiary alicyclic amines) is 1. The van der Waals surface area contributed by atoms with Crippen molar-refractivity contribution >= 4 is 11.6 Å². The molecule has 4 nitrogen and oxygen atoms in total. The molecule has 0 bridgehead atoms. The third-order valence-electron chi connectivity index (χ3n) is 4.94. The van der Waals surface area contributed by atoms with Crippen LogP contribution in [-0.2, 0) is 11.2 Å². The van der Waals surface area contributed by atoms with Gasteiger partial charge in [0.15, 0.2) is 0 Å². The van der Waals surface area contributed by atoms with Crippen molar-refractivity contribution in [2.75, 3.05) is 25.0 Å². The van der Waals surface area contributed by atoms with Crippen LogP contribution in [0.4, 0.5) is 5.69 Å². The van der Waals surface area contributed by atoms with Crippen LogP contribution in [-0.4, -0.2) is 37.0 Å². The largest absolute Gasteiger partial charge is 0.370 e. The van der Waals surface area contributed by atoms with E-state index in [0.717, 1.165) is 31.5 Å². The first-order valence-electron chi connectivity index (χ1n) is 8.72. The van der Waals surface area contributed by atoms with Crippen molar-refractivity contribution in [1.29, 1.82) is 5.26 Å². The summed E-state index contributed by atoms with van der Waals surface area (Å²) >= 11 is 0. The van der Waals surface area contributed by atoms with Gasteiger partial charge in [-0.15, -0.1) is 0 Å². The zero-order valence-corrected chi connectivity index (χ0v) is 14.6. The number of nitriles is 1. The molecule has 3 rings (SSSR count). The van der Waals surface area contributed by atoms with Gasteiger partial charge in [-0.1, -0.05) is 30.3 Å². The Hall–Kier alpha value is -2.80. The van der Waals surface area contributed by atoms with E-state index in [1.165, 1.54) is 5.69 Å². The first-order valence-corrected chi connectivity index (χ1v) is 8.72. The van der Waals surface area contributed by atoms with Gasteiger partial charge in [0.1, 0.15) is 0 Å². The number of carbonyl (C=O) groups excluding carboxylic acids is 1. The maximum absolute atomic E-state index is 12.5. The smallest absolute Gasteiger partial charge is 0.222 e. The molecule has 1 amide bonds. The summed E-state index contributed by atoms with van der Waals surface area (Å²) in [5.41, 5.74) is 2.95. The lowest BCUT2D eigenvalue weighted by atomic mass is 10.1. The van der Waals surface area contributed by atoms with Gasteiger partial charge in [-0.3, -0.25) is 4.79 Å². The Bertz CT molecular complexity index is 749. The van der Waals surface area contributed by atoms with E-state index >= 15 is 0 Å². The summed E-state index contributed by atoms with van der Waals surface area (Å²) < 4.78 is 0. The number of para-hydroxylation sites is 1. The number of hydrogen-bond acceptors (Lipinski definition) is 3. The van der Waals surface area contributed by atoms with E-state index in [1.54, 1.807) is 12.1 Å². The van der Waals surface area contributed by atoms with Crippen LogP contribution in [0.25, 0.3) is 0 Å². The van der Waals surface area contributed by atoms with Gasteiger partial charge in [0, 0.05) is 38.3 Å². The Morgan fingerprint density at radius 2 is 1.92 bits per heavy atom. The summed E-state index contributed by atoms with van der Waals surface area (Å²) in [5.74, 6) is 0.216. The van der Waals surface area contributed by atoms with E-state index in [4.69, 9.17) is 5.26 Å². The van der Waals surface area contributed by atoms with Crippen LogP contribution in [0.1, 0.15) is 24.0 Å². The van der Waals surface area contributed by atoms with Crippen molar-refractivity contribution in [3.05, 3.63) is 65.7 Å². The second kappa shape index (κ2) is 7.85. The van der Waals surface area contributed by atoms with Crippen LogP contribution in [0.5, 0.6) is 0 Å². The first-order chi connectivity index (χ1) is 12.2. The average Bonchev–Trinajstić information content (AvgIpc) is 3.17. The highest BCUT2D eigenvalue weighted by atomic mass is 16.2. The summed E-state index contributed by atoms with van der Waals surface area (Å²) in [6.45, 7) is 1.62. The van der Waals surface area contributed by atoms with E-state index in [1.807, 2.05) is 35.2 Å². The number of hydrogen-bond donors (Lipinski definition) is 0. The van der Waals surface area contributed by atoms with E-state index in [9.17, 15) is 4.79 Å². The molecule has 1 aliphatic heterocycles. The highest BCUT2D eigenvalue weighted by molar-refractivity contribution is 5.77. The number of carbonyl (C=O) groups is 1. The Balaban J connectivity index is 1.51. The molecule has 1 heterocycles. The molecular formula is C21H23N3O. The highest BCUT2D eigenvalue weighted by Gasteiger charge is 2.28. The second-order valence-corrected chi connectivity index (χ2v) is 6.54. The molecule has 1 unspecified atom stereocenters. The number of likely N-dealkylation sites (N-methyl/N-ethyl adjacent to an activating group) is 1. The van der Waals surface area contributed by atoms with Crippen molar-refractivity contribution in [2.45, 2.75) is 25.3 Å². The number of rotatable bonds is 5. The minimum absolute atomic E-state index is 0.216. The molecule has 0 saturated carbocycles. The van der Waals surface area contributed by atoms with Gasteiger partial charge < -0.3 is 9.80 Å². The van der Waals surface area contributed by atoms with Crippen LogP contribution in [0, 0.1) is 11.3 Å². The zero-order valence-electron chi connectivity index (χ0n) is 14.6. The molecule has 0 radical (unpaired) electrons. The number of anilines is 1. The Morgan fingerprint density at radius 3 is 2.60 bits per heavy atom. The Morgan fingerprint density at radius 1 is 1.20 bits per heavy atom. The molecule has 0 aromatic heterocycles. The van der Waals surface area contributed by atoms with Gasteiger partial charge in [-0.2, -0.15) is 5.26 Å². The summed E-state index contributed by atoms with van der Waals surface area (Å²) in [4.78, 5) is 16.8. The predicted octanol–water partition coefficient (Wildman–Crippen LogP) is 3.23. The molecule has 2 aromatic carbocycles. The van der Waals surface area contributed by atoms with Crippen molar-refractivity contribution in [3.8, 4) is 6.07 Å². The van der Waals surface area contributed by atoms with Gasteiger partial charge in [0.25, 0.3) is 0 Å². The summed E-state index contributed by atoms with van der Waals surface area (Å²) in [6, 6.07) is 20.3. The van der Waals surface area contributed by atoms with Gasteiger partial charge >= 0.3 is 0 Å². The molecule has 128 valence electrons. The third kappa shape index (κ3) is 4.19. The summed E-state index contributed by atoms with van der Waals surface area (Å²) in [7, 11) is 2.10. The van der Waals surface area contributed by atoms with Gasteiger partial charge in [-0.25, -0.2) is 0 Å². The number of nitrogens with zero attached hydrogens (tertiary/aromatic N) is 3. The summed E-state index contributed by atoms with van der Waals surface area (Å²) in [5, 5.41) is 8.83. The molecule has 1 aliphatic rings. The topological polar surface area (TPSA) is 47.3 Å². The molecule has 0 N–H and O–H groups in total. The fourth-order valence-corrected chi connectivity index (χ4v) is 3.31. The van der Waals surface area contributed by atoms with Gasteiger partial charge in [0.2, 0.25) is 5.91 Å². The Kier molecular flexibility index (Phi) is 5.35. The fourth-order valence-electron chi connectivity index (χ4n) is 3.31. The van der Waals surface area contributed by atoms with Crippen molar-refractivity contribution in [2.24, 2.45) is 0 Å². The van der Waals surface area contributed by atoms with Crippen LogP contribution in [0.15, 0.2) is 54.6 Å². The standard InChI is InChI=1S/C21H23N3O/c1-23(19-5-3-2-4-6-19)20-13-14-24(16-20)21(25)12-11-17-7-9-18(15-22)10-8-17/h2-10,20H,11-14,16H2,1H3. The van der Waals surface area contributed by atoms with E-state index in [-0.39, 0.29) is 5.91 Å². The molecular weight excluding hydrogens is 310 g/mol. The maximum Gasteiger partial charge on any atom is 0.222 e. The summed E-state index contributed by atoms with van der Waals surface area (Å²) in [6.07, 6.45) is 2.25. The zero-order chi connectivity index (χ0) is 17.6. The third-order valence-corrected chi connectivity index (χ3v) is 4.94. The van der Waals surface area contributed by atoms with Gasteiger partial charge in [0.05, 0.1) is 11.6 Å². The molecule has 0 aliphatic carbocycles. The molecule has 4 heteroatoms. The van der Waals surface area contributed by atoms with Crippen LogP contribution < -0.4 is 4.90 Å². The van der Waals surface area contributed by atoms with E-state index < -0.39 is 0 Å². The maximum atomic E-state index is 12.5. The average molecular weight is 333 g/mol. The number of benzene rings is 2. The fraction of sp³-hybridized carbons (Fsp3) is 0.333. The van der Waals surface area contributed by atoms with E-state index in [2.05, 4.69) is 30.1 Å². The lowest BCUT2D eigenvalue weighted by Crippen LogP contribution is -2.36. The molecule has 1 atom stereocenters. The predicted molar refractivity (Wildman–Crippen MR) is 99.3 cm³/mol. The van der Waals surface area contributed by atoms with Crippen molar-refractivity contribution in [1.82, 2.24) is 4.90 Å².